The molecule has 0 amide bonds. The Kier molecular flexibility index (Phi) is 6.13. The van der Waals surface area contributed by atoms with E-state index < -0.39 is 17.1 Å². The fourth-order valence-electron chi connectivity index (χ4n) is 1.92. The molecule has 0 saturated carbocycles. The van der Waals surface area contributed by atoms with Crippen LogP contribution < -0.4 is 0 Å². The highest BCUT2D eigenvalue weighted by atomic mass is 16.5. The topological polar surface area (TPSA) is 49.8 Å². The van der Waals surface area contributed by atoms with Crippen molar-refractivity contribution < 1.29 is 14.6 Å². The van der Waals surface area contributed by atoms with Crippen LogP contribution in [0.1, 0.15) is 47.0 Å². The standard InChI is InChI=1S/C13H27NO3/c1-7-8-9-14(5)13(4,11(15)16)10-12(2,3)17-6/h7-10H2,1-6H3,(H,15,16). The Morgan fingerprint density at radius 3 is 2.24 bits per heavy atom. The zero-order valence-electron chi connectivity index (χ0n) is 12.0. The van der Waals surface area contributed by atoms with Gasteiger partial charge in [-0.1, -0.05) is 13.3 Å². The van der Waals surface area contributed by atoms with Crippen LogP contribution in [0.2, 0.25) is 0 Å². The average Bonchev–Trinajstić information content (AvgIpc) is 2.24. The fourth-order valence-corrected chi connectivity index (χ4v) is 1.92. The Bertz CT molecular complexity index is 253. The minimum atomic E-state index is -0.880. The highest BCUT2D eigenvalue weighted by Gasteiger charge is 2.42. The van der Waals surface area contributed by atoms with Gasteiger partial charge in [-0.05, 0) is 40.8 Å². The first-order valence-electron chi connectivity index (χ1n) is 6.19. The Morgan fingerprint density at radius 1 is 1.35 bits per heavy atom. The van der Waals surface area contributed by atoms with Crippen molar-refractivity contribution in [3.63, 3.8) is 0 Å². The van der Waals surface area contributed by atoms with Crippen molar-refractivity contribution in [2.75, 3.05) is 20.7 Å². The first-order valence-corrected chi connectivity index (χ1v) is 6.19. The van der Waals surface area contributed by atoms with E-state index in [0.717, 1.165) is 19.4 Å². The molecule has 0 bridgehead atoms. The van der Waals surface area contributed by atoms with Gasteiger partial charge in [-0.25, -0.2) is 0 Å². The van der Waals surface area contributed by atoms with Crippen LogP contribution in [0.5, 0.6) is 0 Å². The minimum absolute atomic E-state index is 0.437. The van der Waals surface area contributed by atoms with Crippen molar-refractivity contribution in [1.29, 1.82) is 0 Å². The predicted octanol–water partition coefficient (Wildman–Crippen LogP) is 2.38. The van der Waals surface area contributed by atoms with Crippen molar-refractivity contribution in [2.45, 2.75) is 58.1 Å². The summed E-state index contributed by atoms with van der Waals surface area (Å²) >= 11 is 0. The monoisotopic (exact) mass is 245 g/mol. The molecule has 0 saturated heterocycles. The van der Waals surface area contributed by atoms with Crippen molar-refractivity contribution in [1.82, 2.24) is 4.90 Å². The molecule has 1 N–H and O–H groups in total. The molecule has 17 heavy (non-hydrogen) atoms. The van der Waals surface area contributed by atoms with E-state index in [9.17, 15) is 9.90 Å². The quantitative estimate of drug-likeness (QED) is 0.713. The Balaban J connectivity index is 4.84. The van der Waals surface area contributed by atoms with Crippen LogP contribution >= 0.6 is 0 Å². The SMILES string of the molecule is CCCCN(C)C(C)(CC(C)(C)OC)C(=O)O. The summed E-state index contributed by atoms with van der Waals surface area (Å²) in [6.45, 7) is 8.50. The number of hydrogen-bond donors (Lipinski definition) is 1. The van der Waals surface area contributed by atoms with E-state index in [4.69, 9.17) is 4.74 Å². The van der Waals surface area contributed by atoms with Crippen molar-refractivity contribution in [3.05, 3.63) is 0 Å². The molecule has 102 valence electrons. The van der Waals surface area contributed by atoms with E-state index in [1.807, 2.05) is 25.8 Å². The summed E-state index contributed by atoms with van der Waals surface area (Å²) in [7, 11) is 3.49. The summed E-state index contributed by atoms with van der Waals surface area (Å²) in [4.78, 5) is 13.4. The van der Waals surface area contributed by atoms with E-state index in [1.165, 1.54) is 0 Å². The second-order valence-electron chi connectivity index (χ2n) is 5.49. The lowest BCUT2D eigenvalue weighted by molar-refractivity contribution is -0.154. The molecule has 1 atom stereocenters. The fraction of sp³-hybridized carbons (Fsp3) is 0.923. The zero-order chi connectivity index (χ0) is 13.7. The summed E-state index contributed by atoms with van der Waals surface area (Å²) in [6.07, 6.45) is 2.53. The van der Waals surface area contributed by atoms with Gasteiger partial charge >= 0.3 is 5.97 Å². The molecule has 4 nitrogen and oxygen atoms in total. The van der Waals surface area contributed by atoms with Crippen LogP contribution in [0.4, 0.5) is 0 Å². The lowest BCUT2D eigenvalue weighted by Gasteiger charge is -2.40. The maximum absolute atomic E-state index is 11.5. The number of carboxylic acids is 1. The number of aliphatic carboxylic acids is 1. The maximum atomic E-state index is 11.5. The lowest BCUT2D eigenvalue weighted by Crippen LogP contribution is -2.54. The first kappa shape index (κ1) is 16.4. The number of unbranched alkanes of at least 4 members (excludes halogenated alkanes) is 1. The lowest BCUT2D eigenvalue weighted by atomic mass is 9.86. The van der Waals surface area contributed by atoms with E-state index in [0.29, 0.717) is 6.42 Å². The largest absolute Gasteiger partial charge is 0.480 e. The van der Waals surface area contributed by atoms with Crippen molar-refractivity contribution in [2.24, 2.45) is 0 Å². The van der Waals surface area contributed by atoms with Gasteiger partial charge in [-0.3, -0.25) is 9.69 Å². The number of carbonyl (C=O) groups is 1. The summed E-state index contributed by atoms with van der Waals surface area (Å²) in [6, 6.07) is 0. The van der Waals surface area contributed by atoms with Gasteiger partial charge in [-0.2, -0.15) is 0 Å². The van der Waals surface area contributed by atoms with Crippen LogP contribution in [0.25, 0.3) is 0 Å². The number of rotatable bonds is 8. The molecule has 0 fully saturated rings. The number of nitrogens with zero attached hydrogens (tertiary/aromatic N) is 1. The Hall–Kier alpha value is -0.610. The average molecular weight is 245 g/mol. The van der Waals surface area contributed by atoms with Crippen molar-refractivity contribution in [3.8, 4) is 0 Å². The molecule has 0 aromatic carbocycles. The van der Waals surface area contributed by atoms with E-state index in [-0.39, 0.29) is 0 Å². The minimum Gasteiger partial charge on any atom is -0.480 e. The molecule has 0 rings (SSSR count). The molecule has 0 heterocycles. The summed E-state index contributed by atoms with van der Waals surface area (Å²) < 4.78 is 5.35. The number of carboxylic acid groups (broad SMARTS) is 1. The molecule has 0 spiro atoms. The Labute approximate surface area is 105 Å². The molecule has 0 aliphatic rings. The second-order valence-corrected chi connectivity index (χ2v) is 5.49. The van der Waals surface area contributed by atoms with Crippen LogP contribution in [0.3, 0.4) is 0 Å². The molecular formula is C13H27NO3. The third-order valence-corrected chi connectivity index (χ3v) is 3.47. The molecular weight excluding hydrogens is 218 g/mol. The number of likely N-dealkylation sites (N-methyl/N-ethyl adjacent to an activating group) is 1. The van der Waals surface area contributed by atoms with E-state index in [1.54, 1.807) is 14.0 Å². The summed E-state index contributed by atoms with van der Waals surface area (Å²) in [5, 5.41) is 9.46. The van der Waals surface area contributed by atoms with Crippen LogP contribution in [-0.2, 0) is 9.53 Å². The van der Waals surface area contributed by atoms with E-state index in [2.05, 4.69) is 6.92 Å². The van der Waals surface area contributed by atoms with Gasteiger partial charge in [0.15, 0.2) is 0 Å². The molecule has 0 radical (unpaired) electrons. The van der Waals surface area contributed by atoms with Gasteiger partial charge in [0.2, 0.25) is 0 Å². The zero-order valence-corrected chi connectivity index (χ0v) is 12.0. The highest BCUT2D eigenvalue weighted by molar-refractivity contribution is 5.78. The normalized spacial score (nSPS) is 15.9. The van der Waals surface area contributed by atoms with Gasteiger partial charge in [0.25, 0.3) is 0 Å². The second kappa shape index (κ2) is 6.36. The number of hydrogen-bond acceptors (Lipinski definition) is 3. The van der Waals surface area contributed by atoms with Crippen molar-refractivity contribution >= 4 is 5.97 Å². The number of methoxy groups -OCH3 is 1. The Morgan fingerprint density at radius 2 is 1.88 bits per heavy atom. The van der Waals surface area contributed by atoms with Gasteiger partial charge in [0, 0.05) is 13.5 Å². The van der Waals surface area contributed by atoms with Gasteiger partial charge < -0.3 is 9.84 Å². The summed E-state index contributed by atoms with van der Waals surface area (Å²) in [5.41, 5.74) is -1.32. The van der Waals surface area contributed by atoms with Crippen LogP contribution in [0.15, 0.2) is 0 Å². The molecule has 1 unspecified atom stereocenters. The predicted molar refractivity (Wildman–Crippen MR) is 69.3 cm³/mol. The third-order valence-electron chi connectivity index (χ3n) is 3.47. The highest BCUT2D eigenvalue weighted by Crippen LogP contribution is 2.28. The van der Waals surface area contributed by atoms with Crippen LogP contribution in [-0.4, -0.2) is 47.8 Å². The first-order chi connectivity index (χ1) is 7.69. The molecule has 0 aromatic rings. The third kappa shape index (κ3) is 4.64. The molecule has 0 aliphatic heterocycles. The van der Waals surface area contributed by atoms with Gasteiger partial charge in [0.1, 0.15) is 5.54 Å². The molecule has 0 aromatic heterocycles. The number of ether oxygens (including phenoxy) is 1. The molecule has 4 heteroatoms. The van der Waals surface area contributed by atoms with Crippen LogP contribution in [0, 0.1) is 0 Å². The van der Waals surface area contributed by atoms with Gasteiger partial charge in [0.05, 0.1) is 5.60 Å². The molecule has 0 aliphatic carbocycles. The maximum Gasteiger partial charge on any atom is 0.323 e. The summed E-state index contributed by atoms with van der Waals surface area (Å²) in [5.74, 6) is -0.791. The van der Waals surface area contributed by atoms with Gasteiger partial charge in [-0.15, -0.1) is 0 Å². The van der Waals surface area contributed by atoms with E-state index >= 15 is 0 Å². The smallest absolute Gasteiger partial charge is 0.323 e.